The van der Waals surface area contributed by atoms with E-state index in [1.54, 1.807) is 24.3 Å². The number of hydrogen-bond acceptors (Lipinski definition) is 6. The van der Waals surface area contributed by atoms with E-state index in [0.717, 1.165) is 20.8 Å². The molecule has 1 heterocycles. The van der Waals surface area contributed by atoms with Gasteiger partial charge in [-0.2, -0.15) is 4.98 Å². The van der Waals surface area contributed by atoms with Gasteiger partial charge in [-0.1, -0.05) is 76.9 Å². The zero-order valence-corrected chi connectivity index (χ0v) is 21.9. The summed E-state index contributed by atoms with van der Waals surface area (Å²) < 4.78 is 33.0. The van der Waals surface area contributed by atoms with Crippen molar-refractivity contribution in [2.45, 2.75) is 11.3 Å². The molecular formula is C27H19Cl2N3O5S. The fraction of sp³-hybridized carbons (Fsp3) is 0.0741. The van der Waals surface area contributed by atoms with Gasteiger partial charge in [-0.05, 0) is 52.7 Å². The SMILES string of the molecule is O=C(O)CN(c1ccc2cc(-c3noc(Cc4ccccc4)n3)ccc2c1)S(=O)(=O)c1cc(Cl)cc(Cl)c1. The van der Waals surface area contributed by atoms with Crippen molar-refractivity contribution in [2.24, 2.45) is 0 Å². The molecule has 0 spiro atoms. The topological polar surface area (TPSA) is 114 Å². The number of sulfonamides is 1. The molecule has 0 bridgehead atoms. The monoisotopic (exact) mass is 567 g/mol. The average Bonchev–Trinajstić information content (AvgIpc) is 3.35. The van der Waals surface area contributed by atoms with Crippen molar-refractivity contribution in [1.82, 2.24) is 10.1 Å². The molecule has 38 heavy (non-hydrogen) atoms. The first-order chi connectivity index (χ1) is 18.2. The summed E-state index contributed by atoms with van der Waals surface area (Å²) in [5, 5.41) is 15.2. The Morgan fingerprint density at radius 2 is 1.58 bits per heavy atom. The van der Waals surface area contributed by atoms with Crippen LogP contribution >= 0.6 is 23.2 Å². The van der Waals surface area contributed by atoms with Gasteiger partial charge in [0, 0.05) is 15.6 Å². The number of nitrogens with zero attached hydrogens (tertiary/aromatic N) is 3. The average molecular weight is 568 g/mol. The third-order valence-electron chi connectivity index (χ3n) is 5.74. The van der Waals surface area contributed by atoms with Crippen LogP contribution in [0.25, 0.3) is 22.2 Å². The Balaban J connectivity index is 1.47. The zero-order chi connectivity index (χ0) is 26.9. The van der Waals surface area contributed by atoms with Crippen molar-refractivity contribution in [1.29, 1.82) is 0 Å². The van der Waals surface area contributed by atoms with Crippen molar-refractivity contribution >= 4 is 55.7 Å². The maximum Gasteiger partial charge on any atom is 0.324 e. The predicted molar refractivity (Wildman–Crippen MR) is 145 cm³/mol. The van der Waals surface area contributed by atoms with Gasteiger partial charge in [-0.15, -0.1) is 0 Å². The van der Waals surface area contributed by atoms with Gasteiger partial charge in [0.15, 0.2) is 0 Å². The summed E-state index contributed by atoms with van der Waals surface area (Å²) in [7, 11) is -4.29. The second-order valence-corrected chi connectivity index (χ2v) is 11.2. The van der Waals surface area contributed by atoms with E-state index in [4.69, 9.17) is 27.7 Å². The number of anilines is 1. The highest BCUT2D eigenvalue weighted by Gasteiger charge is 2.28. The van der Waals surface area contributed by atoms with E-state index < -0.39 is 22.5 Å². The van der Waals surface area contributed by atoms with Crippen LogP contribution in [0.1, 0.15) is 11.5 Å². The van der Waals surface area contributed by atoms with Gasteiger partial charge in [-0.25, -0.2) is 8.42 Å². The normalized spacial score (nSPS) is 11.5. The van der Waals surface area contributed by atoms with Crippen LogP contribution < -0.4 is 4.31 Å². The molecule has 0 aliphatic carbocycles. The highest BCUT2D eigenvalue weighted by molar-refractivity contribution is 7.92. The number of hydrogen-bond donors (Lipinski definition) is 1. The fourth-order valence-electron chi connectivity index (χ4n) is 3.98. The number of aromatic nitrogens is 2. The lowest BCUT2D eigenvalue weighted by molar-refractivity contribution is -0.135. The Morgan fingerprint density at radius 1 is 0.895 bits per heavy atom. The van der Waals surface area contributed by atoms with Gasteiger partial charge in [0.25, 0.3) is 10.0 Å². The van der Waals surface area contributed by atoms with Gasteiger partial charge in [0.2, 0.25) is 11.7 Å². The summed E-state index contributed by atoms with van der Waals surface area (Å²) >= 11 is 12.0. The van der Waals surface area contributed by atoms with E-state index in [-0.39, 0.29) is 20.6 Å². The molecule has 1 aromatic heterocycles. The first kappa shape index (κ1) is 25.7. The Labute approximate surface area is 228 Å². The number of rotatable bonds is 8. The van der Waals surface area contributed by atoms with Gasteiger partial charge >= 0.3 is 5.97 Å². The highest BCUT2D eigenvalue weighted by Crippen LogP contribution is 2.31. The van der Waals surface area contributed by atoms with Gasteiger partial charge in [0.1, 0.15) is 6.54 Å². The molecule has 5 rings (SSSR count). The Hall–Kier alpha value is -3.92. The van der Waals surface area contributed by atoms with E-state index in [2.05, 4.69) is 10.1 Å². The van der Waals surface area contributed by atoms with Crippen molar-refractivity contribution in [3.8, 4) is 11.4 Å². The third-order valence-corrected chi connectivity index (χ3v) is 7.93. The van der Waals surface area contributed by atoms with Crippen LogP contribution in [0.15, 0.2) is 94.3 Å². The Morgan fingerprint density at radius 3 is 2.29 bits per heavy atom. The summed E-state index contributed by atoms with van der Waals surface area (Å²) in [5.74, 6) is -0.410. The Kier molecular flexibility index (Phi) is 7.07. The maximum atomic E-state index is 13.4. The molecule has 4 aromatic carbocycles. The molecule has 11 heteroatoms. The van der Waals surface area contributed by atoms with Crippen LogP contribution in [-0.4, -0.2) is 36.2 Å². The third kappa shape index (κ3) is 5.50. The molecule has 0 saturated carbocycles. The summed E-state index contributed by atoms with van der Waals surface area (Å²) in [6, 6.07) is 23.9. The number of carbonyl (C=O) groups is 1. The molecule has 0 amide bonds. The van der Waals surface area contributed by atoms with E-state index in [0.29, 0.717) is 23.5 Å². The molecule has 0 radical (unpaired) electrons. The first-order valence-electron chi connectivity index (χ1n) is 11.3. The van der Waals surface area contributed by atoms with Crippen LogP contribution in [0.4, 0.5) is 5.69 Å². The number of fused-ring (bicyclic) bond motifs is 1. The molecule has 0 aliphatic heterocycles. The molecule has 192 valence electrons. The molecule has 0 aliphatic rings. The molecular weight excluding hydrogens is 549 g/mol. The first-order valence-corrected chi connectivity index (χ1v) is 13.5. The van der Waals surface area contributed by atoms with Gasteiger partial charge in [-0.3, -0.25) is 9.10 Å². The lowest BCUT2D eigenvalue weighted by atomic mass is 10.1. The molecule has 0 atom stereocenters. The molecule has 1 N–H and O–H groups in total. The second kappa shape index (κ2) is 10.4. The number of benzene rings is 4. The molecule has 8 nitrogen and oxygen atoms in total. The maximum absolute atomic E-state index is 13.4. The number of aliphatic carboxylic acids is 1. The van der Waals surface area contributed by atoms with Crippen molar-refractivity contribution in [3.63, 3.8) is 0 Å². The predicted octanol–water partition coefficient (Wildman–Crippen LogP) is 6.07. The summed E-state index contributed by atoms with van der Waals surface area (Å²) in [5.41, 5.74) is 1.94. The summed E-state index contributed by atoms with van der Waals surface area (Å²) in [6.45, 7) is -0.789. The van der Waals surface area contributed by atoms with Crippen LogP contribution in [0, 0.1) is 0 Å². The molecule has 0 fully saturated rings. The minimum absolute atomic E-state index is 0.116. The van der Waals surface area contributed by atoms with Crippen molar-refractivity contribution < 1.29 is 22.8 Å². The number of carboxylic acids is 1. The zero-order valence-electron chi connectivity index (χ0n) is 19.6. The van der Waals surface area contributed by atoms with Crippen molar-refractivity contribution in [2.75, 3.05) is 10.8 Å². The van der Waals surface area contributed by atoms with Crippen LogP contribution in [0.2, 0.25) is 10.0 Å². The van der Waals surface area contributed by atoms with E-state index in [1.165, 1.54) is 24.3 Å². The number of halogens is 2. The van der Waals surface area contributed by atoms with E-state index in [1.807, 2.05) is 36.4 Å². The van der Waals surface area contributed by atoms with Gasteiger partial charge < -0.3 is 9.63 Å². The lowest BCUT2D eigenvalue weighted by Crippen LogP contribution is -2.35. The van der Waals surface area contributed by atoms with Crippen LogP contribution in [0.5, 0.6) is 0 Å². The Bertz CT molecular complexity index is 1740. The number of carboxylic acid groups (broad SMARTS) is 1. The quantitative estimate of drug-likeness (QED) is 0.242. The van der Waals surface area contributed by atoms with E-state index >= 15 is 0 Å². The van der Waals surface area contributed by atoms with Crippen molar-refractivity contribution in [3.05, 3.63) is 106 Å². The van der Waals surface area contributed by atoms with Crippen LogP contribution in [0.3, 0.4) is 0 Å². The fourth-order valence-corrected chi connectivity index (χ4v) is 6.12. The molecule has 5 aromatic rings. The summed E-state index contributed by atoms with van der Waals surface area (Å²) in [4.78, 5) is 15.9. The lowest BCUT2D eigenvalue weighted by Gasteiger charge is -2.23. The smallest absolute Gasteiger partial charge is 0.324 e. The van der Waals surface area contributed by atoms with Crippen LogP contribution in [-0.2, 0) is 21.2 Å². The minimum Gasteiger partial charge on any atom is -0.480 e. The molecule has 0 unspecified atom stereocenters. The van der Waals surface area contributed by atoms with E-state index in [9.17, 15) is 18.3 Å². The molecule has 0 saturated heterocycles. The highest BCUT2D eigenvalue weighted by atomic mass is 35.5. The van der Waals surface area contributed by atoms with Gasteiger partial charge in [0.05, 0.1) is 17.0 Å². The minimum atomic E-state index is -4.29. The standard InChI is InChI=1S/C27H19Cl2N3O5S/c28-21-13-22(29)15-24(14-21)38(35,36)32(16-26(33)34)23-9-8-18-11-20(7-6-19(18)12-23)27-30-25(37-31-27)10-17-4-2-1-3-5-17/h1-9,11-15H,10,16H2,(H,33,34). The largest absolute Gasteiger partial charge is 0.480 e. The summed E-state index contributed by atoms with van der Waals surface area (Å²) in [6.07, 6.45) is 0.510. The second-order valence-electron chi connectivity index (χ2n) is 8.43.